The van der Waals surface area contributed by atoms with Crippen LogP contribution in [0.5, 0.6) is 5.75 Å². The Labute approximate surface area is 210 Å². The van der Waals surface area contributed by atoms with E-state index in [1.54, 1.807) is 25.0 Å². The minimum absolute atomic E-state index is 0.194. The SMILES string of the molecule is COc1ccc(C)cc1NC(=O)Nc1ccc(N2CCN(C(=O)Nc3ccc(F)cc3C)CC2)cc1. The fourth-order valence-corrected chi connectivity index (χ4v) is 4.09. The zero-order valence-electron chi connectivity index (χ0n) is 20.6. The van der Waals surface area contributed by atoms with Gasteiger partial charge in [0.25, 0.3) is 0 Å². The van der Waals surface area contributed by atoms with Crippen molar-refractivity contribution in [3.8, 4) is 5.75 Å². The van der Waals surface area contributed by atoms with Gasteiger partial charge < -0.3 is 30.5 Å². The summed E-state index contributed by atoms with van der Waals surface area (Å²) in [5.41, 5.74) is 4.58. The first-order valence-electron chi connectivity index (χ1n) is 11.7. The average Bonchev–Trinajstić information content (AvgIpc) is 2.86. The molecule has 1 heterocycles. The highest BCUT2D eigenvalue weighted by Crippen LogP contribution is 2.26. The molecular weight excluding hydrogens is 461 g/mol. The first kappa shape index (κ1) is 24.8. The fraction of sp³-hybridized carbons (Fsp3) is 0.259. The maximum atomic E-state index is 13.3. The second-order valence-electron chi connectivity index (χ2n) is 8.69. The van der Waals surface area contributed by atoms with Crippen LogP contribution >= 0.6 is 0 Å². The third-order valence-corrected chi connectivity index (χ3v) is 6.09. The lowest BCUT2D eigenvalue weighted by atomic mass is 10.2. The molecule has 0 aliphatic carbocycles. The number of urea groups is 2. The number of piperazine rings is 1. The molecule has 4 rings (SSSR count). The number of anilines is 4. The Bertz CT molecular complexity index is 1240. The van der Waals surface area contributed by atoms with Gasteiger partial charge in [-0.05, 0) is 79.6 Å². The number of amides is 4. The van der Waals surface area contributed by atoms with Gasteiger partial charge in [-0.3, -0.25) is 0 Å². The average molecular weight is 492 g/mol. The summed E-state index contributed by atoms with van der Waals surface area (Å²) >= 11 is 0. The van der Waals surface area contributed by atoms with Crippen molar-refractivity contribution < 1.29 is 18.7 Å². The van der Waals surface area contributed by atoms with Crippen LogP contribution in [-0.2, 0) is 0 Å². The van der Waals surface area contributed by atoms with Crippen molar-refractivity contribution in [1.29, 1.82) is 0 Å². The van der Waals surface area contributed by atoms with Crippen LogP contribution in [0.3, 0.4) is 0 Å². The number of halogens is 1. The van der Waals surface area contributed by atoms with E-state index >= 15 is 0 Å². The molecular formula is C27H30FN5O3. The number of ether oxygens (including phenoxy) is 1. The molecule has 0 spiro atoms. The summed E-state index contributed by atoms with van der Waals surface area (Å²) in [7, 11) is 1.56. The molecule has 1 aliphatic rings. The Hall–Kier alpha value is -4.27. The van der Waals surface area contributed by atoms with E-state index in [0.717, 1.165) is 11.3 Å². The third-order valence-electron chi connectivity index (χ3n) is 6.09. The predicted octanol–water partition coefficient (Wildman–Crippen LogP) is 5.45. The van der Waals surface area contributed by atoms with Crippen molar-refractivity contribution >= 4 is 34.8 Å². The second-order valence-corrected chi connectivity index (χ2v) is 8.69. The smallest absolute Gasteiger partial charge is 0.323 e. The summed E-state index contributed by atoms with van der Waals surface area (Å²) in [6.45, 7) is 6.18. The predicted molar refractivity (Wildman–Crippen MR) is 141 cm³/mol. The number of benzene rings is 3. The van der Waals surface area contributed by atoms with Crippen molar-refractivity contribution in [2.24, 2.45) is 0 Å². The van der Waals surface area contributed by atoms with Gasteiger partial charge in [0, 0.05) is 43.2 Å². The van der Waals surface area contributed by atoms with E-state index in [1.807, 2.05) is 49.4 Å². The highest BCUT2D eigenvalue weighted by Gasteiger charge is 2.22. The van der Waals surface area contributed by atoms with Gasteiger partial charge >= 0.3 is 12.1 Å². The van der Waals surface area contributed by atoms with Gasteiger partial charge in [0.05, 0.1) is 12.8 Å². The van der Waals surface area contributed by atoms with Crippen molar-refractivity contribution in [1.82, 2.24) is 4.90 Å². The maximum absolute atomic E-state index is 13.3. The molecule has 3 aromatic rings. The Morgan fingerprint density at radius 1 is 0.833 bits per heavy atom. The van der Waals surface area contributed by atoms with Gasteiger partial charge in [0.15, 0.2) is 0 Å². The first-order valence-corrected chi connectivity index (χ1v) is 11.7. The largest absolute Gasteiger partial charge is 0.495 e. The van der Waals surface area contributed by atoms with E-state index in [2.05, 4.69) is 20.9 Å². The number of rotatable bonds is 5. The summed E-state index contributed by atoms with van der Waals surface area (Å²) in [6.07, 6.45) is 0. The van der Waals surface area contributed by atoms with Gasteiger partial charge in [-0.25, -0.2) is 14.0 Å². The number of nitrogens with one attached hydrogen (secondary N) is 3. The van der Waals surface area contributed by atoms with Gasteiger partial charge in [0.1, 0.15) is 11.6 Å². The molecule has 1 fully saturated rings. The van der Waals surface area contributed by atoms with Gasteiger partial charge in [-0.2, -0.15) is 0 Å². The van der Waals surface area contributed by atoms with E-state index in [9.17, 15) is 14.0 Å². The monoisotopic (exact) mass is 491 g/mol. The number of nitrogens with zero attached hydrogens (tertiary/aromatic N) is 2. The number of hydrogen-bond donors (Lipinski definition) is 3. The minimum atomic E-state index is -0.359. The zero-order valence-corrected chi connectivity index (χ0v) is 20.6. The molecule has 8 nitrogen and oxygen atoms in total. The second kappa shape index (κ2) is 11.0. The Kier molecular flexibility index (Phi) is 7.58. The third kappa shape index (κ3) is 6.04. The summed E-state index contributed by atoms with van der Waals surface area (Å²) < 4.78 is 18.6. The topological polar surface area (TPSA) is 85.9 Å². The highest BCUT2D eigenvalue weighted by molar-refractivity contribution is 6.00. The van der Waals surface area contributed by atoms with Crippen molar-refractivity contribution in [3.63, 3.8) is 0 Å². The van der Waals surface area contributed by atoms with Crippen LogP contribution in [-0.4, -0.2) is 50.3 Å². The Balaban J connectivity index is 1.28. The molecule has 0 aromatic heterocycles. The van der Waals surface area contributed by atoms with E-state index in [0.29, 0.717) is 54.6 Å². The Morgan fingerprint density at radius 3 is 2.22 bits per heavy atom. The van der Waals surface area contributed by atoms with Crippen LogP contribution in [0.2, 0.25) is 0 Å². The molecule has 0 bridgehead atoms. The number of carbonyl (C=O) groups excluding carboxylic acids is 2. The van der Waals surface area contributed by atoms with Crippen molar-refractivity contribution in [2.45, 2.75) is 13.8 Å². The quantitative estimate of drug-likeness (QED) is 0.443. The molecule has 36 heavy (non-hydrogen) atoms. The van der Waals surface area contributed by atoms with Gasteiger partial charge in [-0.1, -0.05) is 6.07 Å². The Morgan fingerprint density at radius 2 is 1.56 bits per heavy atom. The molecule has 0 radical (unpaired) electrons. The number of methoxy groups -OCH3 is 1. The fourth-order valence-electron chi connectivity index (χ4n) is 4.09. The summed E-state index contributed by atoms with van der Waals surface area (Å²) in [5.74, 6) is 0.263. The molecule has 188 valence electrons. The molecule has 0 saturated carbocycles. The van der Waals surface area contributed by atoms with Crippen LogP contribution in [0, 0.1) is 19.7 Å². The molecule has 0 unspecified atom stereocenters. The number of hydrogen-bond acceptors (Lipinski definition) is 4. The molecule has 3 aromatic carbocycles. The lowest BCUT2D eigenvalue weighted by Crippen LogP contribution is -2.50. The molecule has 4 amide bonds. The molecule has 0 atom stereocenters. The van der Waals surface area contributed by atoms with Gasteiger partial charge in [-0.15, -0.1) is 0 Å². The van der Waals surface area contributed by atoms with E-state index in [-0.39, 0.29) is 17.9 Å². The molecule has 1 aliphatic heterocycles. The standard InChI is InChI=1S/C27H30FN5O3/c1-18-4-11-25(36-3)24(16-18)30-26(34)29-21-6-8-22(9-7-21)32-12-14-33(15-13-32)27(35)31-23-10-5-20(28)17-19(23)2/h4-11,16-17H,12-15H2,1-3H3,(H,31,35)(H2,29,30,34). The van der Waals surface area contributed by atoms with E-state index < -0.39 is 0 Å². The van der Waals surface area contributed by atoms with Crippen LogP contribution in [0.1, 0.15) is 11.1 Å². The van der Waals surface area contributed by atoms with E-state index in [1.165, 1.54) is 12.1 Å². The van der Waals surface area contributed by atoms with Crippen molar-refractivity contribution in [3.05, 3.63) is 77.6 Å². The van der Waals surface area contributed by atoms with Gasteiger partial charge in [0.2, 0.25) is 0 Å². The molecule has 3 N–H and O–H groups in total. The summed E-state index contributed by atoms with van der Waals surface area (Å²) in [5, 5.41) is 8.52. The summed E-state index contributed by atoms with van der Waals surface area (Å²) in [4.78, 5) is 29.0. The first-order chi connectivity index (χ1) is 17.3. The van der Waals surface area contributed by atoms with Crippen molar-refractivity contribution in [2.75, 3.05) is 54.1 Å². The molecule has 1 saturated heterocycles. The highest BCUT2D eigenvalue weighted by atomic mass is 19.1. The van der Waals surface area contributed by atoms with Crippen LogP contribution in [0.4, 0.5) is 36.7 Å². The maximum Gasteiger partial charge on any atom is 0.323 e. The summed E-state index contributed by atoms with van der Waals surface area (Å²) in [6, 6.07) is 16.9. The van der Waals surface area contributed by atoms with E-state index in [4.69, 9.17) is 4.74 Å². The number of aryl methyl sites for hydroxylation is 2. The lowest BCUT2D eigenvalue weighted by molar-refractivity contribution is 0.208. The minimum Gasteiger partial charge on any atom is -0.495 e. The van der Waals surface area contributed by atoms with Crippen LogP contribution < -0.4 is 25.6 Å². The normalized spacial score (nSPS) is 13.2. The van der Waals surface area contributed by atoms with Crippen LogP contribution in [0.15, 0.2) is 60.7 Å². The zero-order chi connectivity index (χ0) is 25.7. The number of carbonyl (C=O) groups is 2. The molecule has 9 heteroatoms. The van der Waals surface area contributed by atoms with Crippen LogP contribution in [0.25, 0.3) is 0 Å². The lowest BCUT2D eigenvalue weighted by Gasteiger charge is -2.36.